The van der Waals surface area contributed by atoms with Crippen LogP contribution in [0.3, 0.4) is 0 Å². The van der Waals surface area contributed by atoms with Crippen molar-refractivity contribution in [3.05, 3.63) is 30.1 Å². The van der Waals surface area contributed by atoms with Crippen molar-refractivity contribution in [3.8, 4) is 0 Å². The third kappa shape index (κ3) is 3.07. The number of nitrogens with zero attached hydrogens (tertiary/aromatic N) is 1. The van der Waals surface area contributed by atoms with E-state index >= 15 is 0 Å². The summed E-state index contributed by atoms with van der Waals surface area (Å²) in [6.07, 6.45) is 5.69. The number of aromatic nitrogens is 1. The van der Waals surface area contributed by atoms with E-state index in [0.717, 1.165) is 6.54 Å². The zero-order chi connectivity index (χ0) is 13.0. The van der Waals surface area contributed by atoms with Crippen LogP contribution < -0.4 is 10.6 Å². The molecule has 2 N–H and O–H groups in total. The predicted octanol–water partition coefficient (Wildman–Crippen LogP) is 1.59. The van der Waals surface area contributed by atoms with E-state index in [0.29, 0.717) is 18.2 Å². The standard InChI is InChI=1S/C14H21N3O/c1-14(2)6-3-7-16-12(14)10-17-13(18)11-4-8-15-9-5-11/h4-5,8-9,12,16H,3,6-7,10H2,1-2H3,(H,17,18). The van der Waals surface area contributed by atoms with Crippen molar-refractivity contribution in [3.63, 3.8) is 0 Å². The van der Waals surface area contributed by atoms with Gasteiger partial charge in [0.2, 0.25) is 0 Å². The molecule has 1 unspecified atom stereocenters. The zero-order valence-corrected chi connectivity index (χ0v) is 11.1. The fraction of sp³-hybridized carbons (Fsp3) is 0.571. The molecule has 0 radical (unpaired) electrons. The fourth-order valence-electron chi connectivity index (χ4n) is 2.42. The van der Waals surface area contributed by atoms with Crippen molar-refractivity contribution in [1.29, 1.82) is 0 Å². The van der Waals surface area contributed by atoms with Crippen LogP contribution in [0.1, 0.15) is 37.0 Å². The number of amides is 1. The minimum absolute atomic E-state index is 0.0272. The molecule has 0 saturated carbocycles. The number of nitrogens with one attached hydrogen (secondary N) is 2. The van der Waals surface area contributed by atoms with E-state index in [-0.39, 0.29) is 11.3 Å². The molecule has 0 spiro atoms. The lowest BCUT2D eigenvalue weighted by Gasteiger charge is -2.39. The Morgan fingerprint density at radius 3 is 2.89 bits per heavy atom. The summed E-state index contributed by atoms with van der Waals surface area (Å²) in [5.41, 5.74) is 0.905. The second kappa shape index (κ2) is 5.48. The van der Waals surface area contributed by atoms with Gasteiger partial charge in [0.1, 0.15) is 0 Å². The monoisotopic (exact) mass is 247 g/mol. The lowest BCUT2D eigenvalue weighted by molar-refractivity contribution is 0.0928. The molecule has 98 valence electrons. The number of pyridine rings is 1. The third-order valence-corrected chi connectivity index (χ3v) is 3.74. The summed E-state index contributed by atoms with van der Waals surface area (Å²) in [5.74, 6) is -0.0272. The minimum Gasteiger partial charge on any atom is -0.350 e. The summed E-state index contributed by atoms with van der Waals surface area (Å²) in [7, 11) is 0. The van der Waals surface area contributed by atoms with Crippen LogP contribution in [0, 0.1) is 5.41 Å². The minimum atomic E-state index is -0.0272. The zero-order valence-electron chi connectivity index (χ0n) is 11.1. The number of piperidine rings is 1. The molecular formula is C14H21N3O. The van der Waals surface area contributed by atoms with E-state index in [9.17, 15) is 4.79 Å². The molecule has 0 aromatic carbocycles. The lowest BCUT2D eigenvalue weighted by Crippen LogP contribution is -2.52. The fourth-order valence-corrected chi connectivity index (χ4v) is 2.42. The van der Waals surface area contributed by atoms with E-state index in [1.807, 2.05) is 0 Å². The van der Waals surface area contributed by atoms with E-state index in [4.69, 9.17) is 0 Å². The van der Waals surface area contributed by atoms with Crippen LogP contribution in [0.2, 0.25) is 0 Å². The highest BCUT2D eigenvalue weighted by atomic mass is 16.1. The summed E-state index contributed by atoms with van der Waals surface area (Å²) in [6, 6.07) is 3.81. The van der Waals surface area contributed by atoms with E-state index < -0.39 is 0 Å². The predicted molar refractivity (Wildman–Crippen MR) is 71.4 cm³/mol. The van der Waals surface area contributed by atoms with Crippen LogP contribution in [0.4, 0.5) is 0 Å². The molecule has 4 heteroatoms. The third-order valence-electron chi connectivity index (χ3n) is 3.74. The van der Waals surface area contributed by atoms with Gasteiger partial charge in [-0.25, -0.2) is 0 Å². The summed E-state index contributed by atoms with van der Waals surface area (Å²) in [6.45, 7) is 6.22. The number of carbonyl (C=O) groups excluding carboxylic acids is 1. The molecule has 1 aliphatic heterocycles. The van der Waals surface area contributed by atoms with Crippen molar-refractivity contribution in [2.75, 3.05) is 13.1 Å². The number of rotatable bonds is 3. The lowest BCUT2D eigenvalue weighted by atomic mass is 9.77. The Hall–Kier alpha value is -1.42. The smallest absolute Gasteiger partial charge is 0.251 e. The van der Waals surface area contributed by atoms with Gasteiger partial charge < -0.3 is 10.6 Å². The highest BCUT2D eigenvalue weighted by Gasteiger charge is 2.31. The molecular weight excluding hydrogens is 226 g/mol. The first kappa shape index (κ1) is 13.0. The van der Waals surface area contributed by atoms with Crippen LogP contribution in [0.15, 0.2) is 24.5 Å². The Kier molecular flexibility index (Phi) is 3.97. The van der Waals surface area contributed by atoms with Gasteiger partial charge in [0.05, 0.1) is 0 Å². The topological polar surface area (TPSA) is 54.0 Å². The summed E-state index contributed by atoms with van der Waals surface area (Å²) in [5, 5.41) is 6.48. The van der Waals surface area contributed by atoms with Crippen molar-refractivity contribution >= 4 is 5.91 Å². The summed E-state index contributed by atoms with van der Waals surface area (Å²) < 4.78 is 0. The van der Waals surface area contributed by atoms with Crippen molar-refractivity contribution in [2.24, 2.45) is 5.41 Å². The quantitative estimate of drug-likeness (QED) is 0.853. The number of carbonyl (C=O) groups is 1. The molecule has 1 aromatic heterocycles. The highest BCUT2D eigenvalue weighted by molar-refractivity contribution is 5.93. The molecule has 1 aromatic rings. The van der Waals surface area contributed by atoms with Gasteiger partial charge in [0.25, 0.3) is 5.91 Å². The number of hydrogen-bond donors (Lipinski definition) is 2. The van der Waals surface area contributed by atoms with Gasteiger partial charge in [-0.3, -0.25) is 9.78 Å². The van der Waals surface area contributed by atoms with Gasteiger partial charge in [0.15, 0.2) is 0 Å². The molecule has 1 saturated heterocycles. The van der Waals surface area contributed by atoms with E-state index in [2.05, 4.69) is 29.5 Å². The van der Waals surface area contributed by atoms with E-state index in [1.165, 1.54) is 12.8 Å². The first-order valence-corrected chi connectivity index (χ1v) is 6.51. The molecule has 1 amide bonds. The SMILES string of the molecule is CC1(C)CCCNC1CNC(=O)c1ccncc1. The second-order valence-electron chi connectivity index (χ2n) is 5.54. The van der Waals surface area contributed by atoms with Crippen LogP contribution in [0.5, 0.6) is 0 Å². The van der Waals surface area contributed by atoms with Crippen molar-refractivity contribution in [2.45, 2.75) is 32.7 Å². The first-order valence-electron chi connectivity index (χ1n) is 6.51. The molecule has 1 fully saturated rings. The Balaban J connectivity index is 1.90. The molecule has 1 atom stereocenters. The maximum atomic E-state index is 11.9. The van der Waals surface area contributed by atoms with Gasteiger partial charge in [-0.15, -0.1) is 0 Å². The van der Waals surface area contributed by atoms with Crippen LogP contribution in [-0.4, -0.2) is 30.0 Å². The number of hydrogen-bond acceptors (Lipinski definition) is 3. The molecule has 0 bridgehead atoms. The Morgan fingerprint density at radius 2 is 2.22 bits per heavy atom. The van der Waals surface area contributed by atoms with Gasteiger partial charge in [-0.05, 0) is 36.9 Å². The van der Waals surface area contributed by atoms with Gasteiger partial charge in [0, 0.05) is 30.5 Å². The Bertz CT molecular complexity index is 403. The highest BCUT2D eigenvalue weighted by Crippen LogP contribution is 2.29. The van der Waals surface area contributed by atoms with Gasteiger partial charge >= 0.3 is 0 Å². The Labute approximate surface area is 108 Å². The largest absolute Gasteiger partial charge is 0.350 e. The molecule has 18 heavy (non-hydrogen) atoms. The average Bonchev–Trinajstić information content (AvgIpc) is 2.38. The molecule has 0 aliphatic carbocycles. The summed E-state index contributed by atoms with van der Waals surface area (Å²) >= 11 is 0. The van der Waals surface area contributed by atoms with Crippen molar-refractivity contribution in [1.82, 2.24) is 15.6 Å². The molecule has 1 aliphatic rings. The van der Waals surface area contributed by atoms with Crippen LogP contribution >= 0.6 is 0 Å². The average molecular weight is 247 g/mol. The van der Waals surface area contributed by atoms with Crippen molar-refractivity contribution < 1.29 is 4.79 Å². The second-order valence-corrected chi connectivity index (χ2v) is 5.54. The maximum absolute atomic E-state index is 11.9. The normalized spacial score (nSPS) is 22.4. The van der Waals surface area contributed by atoms with E-state index in [1.54, 1.807) is 24.5 Å². The Morgan fingerprint density at radius 1 is 1.50 bits per heavy atom. The van der Waals surface area contributed by atoms with Gasteiger partial charge in [-0.1, -0.05) is 13.8 Å². The first-order chi connectivity index (χ1) is 8.59. The molecule has 2 heterocycles. The van der Waals surface area contributed by atoms with Crippen LogP contribution in [0.25, 0.3) is 0 Å². The maximum Gasteiger partial charge on any atom is 0.251 e. The van der Waals surface area contributed by atoms with Crippen LogP contribution in [-0.2, 0) is 0 Å². The summed E-state index contributed by atoms with van der Waals surface area (Å²) in [4.78, 5) is 15.8. The van der Waals surface area contributed by atoms with Gasteiger partial charge in [-0.2, -0.15) is 0 Å². The molecule has 2 rings (SSSR count). The molecule has 4 nitrogen and oxygen atoms in total.